The Morgan fingerprint density at radius 1 is 1.21 bits per heavy atom. The maximum Gasteiger partial charge on any atom is 0.263 e. The van der Waals surface area contributed by atoms with E-state index in [4.69, 9.17) is 16.6 Å². The number of fused-ring (bicyclic) bond motifs is 5. The monoisotopic (exact) mass is 409 g/mol. The number of hydrogen-bond donors (Lipinski definition) is 2. The van der Waals surface area contributed by atoms with E-state index in [0.29, 0.717) is 11.4 Å². The van der Waals surface area contributed by atoms with Crippen LogP contribution in [-0.4, -0.2) is 33.4 Å². The zero-order valence-corrected chi connectivity index (χ0v) is 16.8. The number of hydrogen-bond acceptors (Lipinski definition) is 6. The van der Waals surface area contributed by atoms with Crippen LogP contribution in [0.3, 0.4) is 0 Å². The molecule has 4 heterocycles. The molecule has 6 nitrogen and oxygen atoms in total. The molecule has 8 heteroatoms. The number of halogens is 1. The molecule has 0 unspecified atom stereocenters. The van der Waals surface area contributed by atoms with Crippen LogP contribution in [0.5, 0.6) is 0 Å². The summed E-state index contributed by atoms with van der Waals surface area (Å²) in [6.07, 6.45) is 1.70. The van der Waals surface area contributed by atoms with Crippen molar-refractivity contribution < 1.29 is 4.79 Å². The van der Waals surface area contributed by atoms with Gasteiger partial charge in [-0.05, 0) is 55.3 Å². The molecular formula is C20H16ClN5OS. The Balaban J connectivity index is 1.73. The van der Waals surface area contributed by atoms with Crippen LogP contribution >= 0.6 is 22.9 Å². The Labute approximate surface area is 170 Å². The van der Waals surface area contributed by atoms with E-state index in [0.717, 1.165) is 43.6 Å². The Bertz CT molecular complexity index is 1270. The second-order valence-corrected chi connectivity index (χ2v) is 8.32. The number of nitrogens with zero attached hydrogens (tertiary/aromatic N) is 3. The van der Waals surface area contributed by atoms with Crippen LogP contribution in [-0.2, 0) is 0 Å². The number of carbonyl (C=O) groups is 1. The Hall–Kier alpha value is -2.77. The first-order valence-electron chi connectivity index (χ1n) is 8.92. The van der Waals surface area contributed by atoms with Crippen molar-refractivity contribution in [2.24, 2.45) is 0 Å². The molecule has 0 spiro atoms. The fraction of sp³-hybridized carbons (Fsp3) is 0.200. The summed E-state index contributed by atoms with van der Waals surface area (Å²) >= 11 is 7.48. The summed E-state index contributed by atoms with van der Waals surface area (Å²) in [6, 6.07) is 8.06. The van der Waals surface area contributed by atoms with Crippen molar-refractivity contribution in [2.75, 3.05) is 11.9 Å². The summed E-state index contributed by atoms with van der Waals surface area (Å²) in [7, 11) is 0. The highest BCUT2D eigenvalue weighted by molar-refractivity contribution is 7.21. The van der Waals surface area contributed by atoms with Crippen LogP contribution in [0.2, 0.25) is 5.28 Å². The number of amides is 1. The lowest BCUT2D eigenvalue weighted by molar-refractivity contribution is 0.0949. The summed E-state index contributed by atoms with van der Waals surface area (Å²) in [5, 5.41) is 8.71. The molecule has 5 rings (SSSR count). The lowest BCUT2D eigenvalue weighted by atomic mass is 10.1. The number of nitrogens with one attached hydrogen (secondary N) is 2. The number of carbonyl (C=O) groups excluding carboxylic acids is 1. The summed E-state index contributed by atoms with van der Waals surface area (Å²) in [5.41, 5.74) is 4.11. The Kier molecular flexibility index (Phi) is 3.96. The van der Waals surface area contributed by atoms with Crippen molar-refractivity contribution in [1.29, 1.82) is 0 Å². The molecule has 4 aromatic rings. The van der Waals surface area contributed by atoms with Crippen LogP contribution in [0, 0.1) is 6.92 Å². The van der Waals surface area contributed by atoms with Gasteiger partial charge in [-0.15, -0.1) is 11.3 Å². The van der Waals surface area contributed by atoms with E-state index < -0.39 is 0 Å². The predicted octanol–water partition coefficient (Wildman–Crippen LogP) is 4.41. The molecule has 0 fully saturated rings. The zero-order chi connectivity index (χ0) is 19.4. The smallest absolute Gasteiger partial charge is 0.263 e. The highest BCUT2D eigenvalue weighted by Gasteiger charge is 2.24. The fourth-order valence-electron chi connectivity index (χ4n) is 3.54. The van der Waals surface area contributed by atoms with Gasteiger partial charge in [0.25, 0.3) is 5.91 Å². The maximum absolute atomic E-state index is 12.5. The van der Waals surface area contributed by atoms with Gasteiger partial charge in [-0.25, -0.2) is 15.0 Å². The highest BCUT2D eigenvalue weighted by atomic mass is 35.5. The minimum absolute atomic E-state index is 0.0299. The molecule has 140 valence electrons. The van der Waals surface area contributed by atoms with Gasteiger partial charge in [0.15, 0.2) is 0 Å². The molecule has 0 saturated heterocycles. The first-order chi connectivity index (χ1) is 13.5. The molecule has 1 aromatic carbocycles. The van der Waals surface area contributed by atoms with E-state index in [1.54, 1.807) is 6.20 Å². The lowest BCUT2D eigenvalue weighted by Gasteiger charge is -2.10. The molecule has 1 aliphatic rings. The van der Waals surface area contributed by atoms with Gasteiger partial charge in [0.1, 0.15) is 4.88 Å². The van der Waals surface area contributed by atoms with Gasteiger partial charge in [-0.1, -0.05) is 0 Å². The SMILES string of the molecule is Cc1cnc(Cl)nc1-c1ccc2c(ccc3sc4c(c32)NC[C@@H](C)NC4=O)n1. The van der Waals surface area contributed by atoms with Crippen molar-refractivity contribution in [3.63, 3.8) is 0 Å². The average Bonchev–Trinajstić information content (AvgIpc) is 3.00. The van der Waals surface area contributed by atoms with Gasteiger partial charge in [-0.3, -0.25) is 4.79 Å². The van der Waals surface area contributed by atoms with E-state index in [9.17, 15) is 4.79 Å². The van der Waals surface area contributed by atoms with Gasteiger partial charge in [0.2, 0.25) is 5.28 Å². The topological polar surface area (TPSA) is 79.8 Å². The van der Waals surface area contributed by atoms with Gasteiger partial charge in [-0.2, -0.15) is 0 Å². The fourth-order valence-corrected chi connectivity index (χ4v) is 4.77. The molecule has 0 saturated carbocycles. The first kappa shape index (κ1) is 17.3. The van der Waals surface area contributed by atoms with Crippen molar-refractivity contribution in [2.45, 2.75) is 19.9 Å². The summed E-state index contributed by atoms with van der Waals surface area (Å²) in [4.78, 5) is 26.4. The Morgan fingerprint density at radius 3 is 2.93 bits per heavy atom. The van der Waals surface area contributed by atoms with Crippen LogP contribution in [0.15, 0.2) is 30.5 Å². The molecule has 0 bridgehead atoms. The zero-order valence-electron chi connectivity index (χ0n) is 15.2. The molecule has 1 atom stereocenters. The minimum Gasteiger partial charge on any atom is -0.381 e. The number of thiophene rings is 1. The summed E-state index contributed by atoms with van der Waals surface area (Å²) < 4.78 is 1.06. The van der Waals surface area contributed by atoms with Gasteiger partial charge < -0.3 is 10.6 Å². The van der Waals surface area contributed by atoms with Crippen LogP contribution in [0.4, 0.5) is 5.69 Å². The quantitative estimate of drug-likeness (QED) is 0.455. The van der Waals surface area contributed by atoms with Crippen molar-refractivity contribution in [3.05, 3.63) is 46.2 Å². The second kappa shape index (κ2) is 6.39. The van der Waals surface area contributed by atoms with E-state index in [1.807, 2.05) is 38.1 Å². The molecule has 0 radical (unpaired) electrons. The third-order valence-electron chi connectivity index (χ3n) is 4.88. The molecule has 28 heavy (non-hydrogen) atoms. The van der Waals surface area contributed by atoms with Gasteiger partial charge >= 0.3 is 0 Å². The average molecular weight is 410 g/mol. The predicted molar refractivity (Wildman–Crippen MR) is 113 cm³/mol. The number of aromatic nitrogens is 3. The molecule has 2 N–H and O–H groups in total. The summed E-state index contributed by atoms with van der Waals surface area (Å²) in [5.74, 6) is -0.0299. The van der Waals surface area contributed by atoms with E-state index in [-0.39, 0.29) is 17.2 Å². The van der Waals surface area contributed by atoms with Crippen LogP contribution < -0.4 is 10.6 Å². The molecule has 1 aliphatic heterocycles. The van der Waals surface area contributed by atoms with Crippen LogP contribution in [0.25, 0.3) is 32.4 Å². The van der Waals surface area contributed by atoms with E-state index in [2.05, 4.69) is 20.6 Å². The number of aryl methyl sites for hydroxylation is 1. The van der Waals surface area contributed by atoms with Crippen molar-refractivity contribution in [1.82, 2.24) is 20.3 Å². The molecular weight excluding hydrogens is 394 g/mol. The molecule has 1 amide bonds. The van der Waals surface area contributed by atoms with Gasteiger partial charge in [0, 0.05) is 34.3 Å². The van der Waals surface area contributed by atoms with E-state index >= 15 is 0 Å². The number of pyridine rings is 1. The van der Waals surface area contributed by atoms with Crippen molar-refractivity contribution >= 4 is 55.5 Å². The maximum atomic E-state index is 12.5. The normalized spacial score (nSPS) is 16.5. The molecule has 0 aliphatic carbocycles. The minimum atomic E-state index is -0.0299. The standard InChI is InChI=1S/C20H16ClN5OS/c1-9-7-23-20(21)26-16(9)13-4-3-11-12(25-13)5-6-14-15(11)17-18(28-14)19(27)24-10(2)8-22-17/h3-7,10,22H,8H2,1-2H3,(H,24,27)/t10-/m1/s1. The second-order valence-electron chi connectivity index (χ2n) is 6.93. The summed E-state index contributed by atoms with van der Waals surface area (Å²) in [6.45, 7) is 4.61. The number of rotatable bonds is 1. The van der Waals surface area contributed by atoms with E-state index in [1.165, 1.54) is 11.3 Å². The number of anilines is 1. The highest BCUT2D eigenvalue weighted by Crippen LogP contribution is 2.41. The largest absolute Gasteiger partial charge is 0.381 e. The van der Waals surface area contributed by atoms with Crippen LogP contribution in [0.1, 0.15) is 22.2 Å². The van der Waals surface area contributed by atoms with Crippen molar-refractivity contribution in [3.8, 4) is 11.4 Å². The third kappa shape index (κ3) is 2.70. The first-order valence-corrected chi connectivity index (χ1v) is 10.1. The van der Waals surface area contributed by atoms with Gasteiger partial charge in [0.05, 0.1) is 22.6 Å². The lowest BCUT2D eigenvalue weighted by Crippen LogP contribution is -2.34. The number of benzene rings is 1. The third-order valence-corrected chi connectivity index (χ3v) is 6.21. The molecule has 3 aromatic heterocycles. The Morgan fingerprint density at radius 2 is 2.07 bits per heavy atom.